The molecule has 1 N–H and O–H groups in total. The van der Waals surface area contributed by atoms with Crippen molar-refractivity contribution in [2.75, 3.05) is 7.11 Å². The minimum absolute atomic E-state index is 0.148. The highest BCUT2D eigenvalue weighted by molar-refractivity contribution is 5.96. The lowest BCUT2D eigenvalue weighted by molar-refractivity contribution is -0.144. The van der Waals surface area contributed by atoms with Crippen molar-refractivity contribution < 1.29 is 19.1 Å². The van der Waals surface area contributed by atoms with E-state index in [1.165, 1.54) is 7.11 Å². The molecule has 1 amide bonds. The molecule has 0 spiro atoms. The van der Waals surface area contributed by atoms with E-state index in [1.807, 2.05) is 6.07 Å². The highest BCUT2D eigenvalue weighted by Gasteiger charge is 2.33. The number of carbonyl (C=O) groups excluding carboxylic acids is 3. The van der Waals surface area contributed by atoms with E-state index in [1.54, 1.807) is 30.3 Å². The maximum atomic E-state index is 12.2. The summed E-state index contributed by atoms with van der Waals surface area (Å²) in [6, 6.07) is 7.91. The molecular weight excluding hydrogens is 270 g/mol. The van der Waals surface area contributed by atoms with E-state index in [4.69, 9.17) is 4.74 Å². The summed E-state index contributed by atoms with van der Waals surface area (Å²) in [7, 11) is 1.28. The fourth-order valence-electron chi connectivity index (χ4n) is 2.43. The van der Waals surface area contributed by atoms with Crippen molar-refractivity contribution in [2.24, 2.45) is 5.92 Å². The molecule has 0 unspecified atom stereocenters. The molecule has 0 heterocycles. The molecule has 0 saturated heterocycles. The van der Waals surface area contributed by atoms with Crippen molar-refractivity contribution in [2.45, 2.75) is 18.9 Å². The highest BCUT2D eigenvalue weighted by atomic mass is 16.5. The lowest BCUT2D eigenvalue weighted by Crippen LogP contribution is -2.46. The summed E-state index contributed by atoms with van der Waals surface area (Å²) in [6.45, 7) is 0. The predicted octanol–water partition coefficient (Wildman–Crippen LogP) is 1.49. The molecule has 0 saturated carbocycles. The van der Waals surface area contributed by atoms with Crippen LogP contribution in [0.5, 0.6) is 0 Å². The molecule has 1 aromatic rings. The summed E-state index contributed by atoms with van der Waals surface area (Å²) in [5, 5.41) is 2.71. The zero-order chi connectivity index (χ0) is 15.2. The highest BCUT2D eigenvalue weighted by Crippen LogP contribution is 2.27. The van der Waals surface area contributed by atoms with Crippen LogP contribution in [0.4, 0.5) is 0 Å². The van der Waals surface area contributed by atoms with Gasteiger partial charge in [0.2, 0.25) is 0 Å². The number of amides is 1. The van der Waals surface area contributed by atoms with Gasteiger partial charge >= 0.3 is 5.97 Å². The molecule has 5 nitrogen and oxygen atoms in total. The lowest BCUT2D eigenvalue weighted by atomic mass is 9.95. The fourth-order valence-corrected chi connectivity index (χ4v) is 2.43. The largest absolute Gasteiger partial charge is 0.467 e. The number of methoxy groups -OCH3 is 1. The topological polar surface area (TPSA) is 72.5 Å². The Labute approximate surface area is 123 Å². The van der Waals surface area contributed by atoms with E-state index < -0.39 is 12.0 Å². The Morgan fingerprint density at radius 1 is 1.33 bits per heavy atom. The van der Waals surface area contributed by atoms with Crippen LogP contribution in [0.1, 0.15) is 23.2 Å². The van der Waals surface area contributed by atoms with Crippen molar-refractivity contribution in [3.05, 3.63) is 47.5 Å². The molecule has 5 heteroatoms. The first-order valence-electron chi connectivity index (χ1n) is 6.73. The van der Waals surface area contributed by atoms with Crippen LogP contribution < -0.4 is 5.32 Å². The summed E-state index contributed by atoms with van der Waals surface area (Å²) in [5.74, 6) is -0.972. The van der Waals surface area contributed by atoms with E-state index in [9.17, 15) is 14.4 Å². The molecule has 0 aromatic heterocycles. The second-order valence-corrected chi connectivity index (χ2v) is 4.94. The number of benzene rings is 1. The molecule has 1 aliphatic carbocycles. The van der Waals surface area contributed by atoms with Crippen molar-refractivity contribution >= 4 is 18.2 Å². The molecule has 0 fully saturated rings. The average Bonchev–Trinajstić information content (AvgIpc) is 3.01. The van der Waals surface area contributed by atoms with E-state index in [-0.39, 0.29) is 11.8 Å². The smallest absolute Gasteiger partial charge is 0.328 e. The number of aldehydes is 1. The Bertz CT molecular complexity index is 565. The van der Waals surface area contributed by atoms with Crippen LogP contribution in [0.2, 0.25) is 0 Å². The molecule has 0 bridgehead atoms. The van der Waals surface area contributed by atoms with Gasteiger partial charge in [0, 0.05) is 5.56 Å². The van der Waals surface area contributed by atoms with Crippen molar-refractivity contribution in [3.63, 3.8) is 0 Å². The van der Waals surface area contributed by atoms with Gasteiger partial charge in [0.25, 0.3) is 5.91 Å². The first-order valence-corrected chi connectivity index (χ1v) is 6.73. The van der Waals surface area contributed by atoms with Crippen molar-refractivity contribution in [3.8, 4) is 0 Å². The van der Waals surface area contributed by atoms with Gasteiger partial charge < -0.3 is 10.1 Å². The molecule has 2 atom stereocenters. The molecule has 2 rings (SSSR count). The van der Waals surface area contributed by atoms with Gasteiger partial charge in [0.05, 0.1) is 7.11 Å². The third kappa shape index (κ3) is 3.56. The van der Waals surface area contributed by atoms with Gasteiger partial charge in [-0.25, -0.2) is 4.79 Å². The Morgan fingerprint density at radius 2 is 2.05 bits per heavy atom. The molecule has 1 aromatic carbocycles. The number of hydrogen-bond donors (Lipinski definition) is 1. The first-order chi connectivity index (χ1) is 10.2. The van der Waals surface area contributed by atoms with Crippen LogP contribution in [0.15, 0.2) is 42.0 Å². The predicted molar refractivity (Wildman–Crippen MR) is 76.6 cm³/mol. The van der Waals surface area contributed by atoms with Gasteiger partial charge in [0.1, 0.15) is 12.3 Å². The fraction of sp³-hybridized carbons (Fsp3) is 0.312. The van der Waals surface area contributed by atoms with Crippen molar-refractivity contribution in [1.29, 1.82) is 0 Å². The maximum absolute atomic E-state index is 12.2. The molecule has 0 radical (unpaired) electrons. The number of esters is 1. The Morgan fingerprint density at radius 3 is 2.62 bits per heavy atom. The number of carbonyl (C=O) groups is 3. The number of hydrogen-bond acceptors (Lipinski definition) is 4. The van der Waals surface area contributed by atoms with Crippen LogP contribution in [-0.4, -0.2) is 31.3 Å². The van der Waals surface area contributed by atoms with Crippen LogP contribution in [0.3, 0.4) is 0 Å². The second-order valence-electron chi connectivity index (χ2n) is 4.94. The Hall–Kier alpha value is -2.43. The van der Waals surface area contributed by atoms with Gasteiger partial charge in [0.15, 0.2) is 0 Å². The van der Waals surface area contributed by atoms with Crippen LogP contribution in [0.25, 0.3) is 0 Å². The third-order valence-corrected chi connectivity index (χ3v) is 3.58. The van der Waals surface area contributed by atoms with Gasteiger partial charge in [-0.2, -0.15) is 0 Å². The zero-order valence-electron chi connectivity index (χ0n) is 11.7. The molecular formula is C16H17NO4. The van der Waals surface area contributed by atoms with E-state index >= 15 is 0 Å². The number of ether oxygens (including phenoxy) is 1. The monoisotopic (exact) mass is 287 g/mol. The summed E-state index contributed by atoms with van der Waals surface area (Å²) < 4.78 is 4.77. The summed E-state index contributed by atoms with van der Waals surface area (Å²) >= 11 is 0. The number of nitrogens with one attached hydrogen (secondary N) is 1. The minimum Gasteiger partial charge on any atom is -0.467 e. The Kier molecular flexibility index (Phi) is 4.87. The maximum Gasteiger partial charge on any atom is 0.328 e. The summed E-state index contributed by atoms with van der Waals surface area (Å²) in [5.41, 5.74) is 1.14. The minimum atomic E-state index is -0.753. The van der Waals surface area contributed by atoms with E-state index in [0.29, 0.717) is 24.0 Å². The normalized spacial score (nSPS) is 18.5. The van der Waals surface area contributed by atoms with Crippen LogP contribution in [-0.2, 0) is 14.3 Å². The summed E-state index contributed by atoms with van der Waals surface area (Å²) in [4.78, 5) is 34.9. The van der Waals surface area contributed by atoms with Crippen LogP contribution in [0, 0.1) is 5.92 Å². The second kappa shape index (κ2) is 6.83. The zero-order valence-corrected chi connectivity index (χ0v) is 11.7. The van der Waals surface area contributed by atoms with Crippen LogP contribution >= 0.6 is 0 Å². The Balaban J connectivity index is 2.09. The number of rotatable bonds is 5. The molecule has 1 aliphatic rings. The standard InChI is InChI=1S/C16H17NO4/c1-21-16(20)14(13-8-7-11(9-13)10-18)17-15(19)12-5-3-2-4-6-12/h2-7,10,13-14H,8-9H2,1H3,(H,17,19)/t13-,14-/m0/s1. The third-order valence-electron chi connectivity index (χ3n) is 3.58. The van der Waals surface area contributed by atoms with E-state index in [0.717, 1.165) is 6.29 Å². The van der Waals surface area contributed by atoms with Crippen molar-refractivity contribution in [1.82, 2.24) is 5.32 Å². The average molecular weight is 287 g/mol. The van der Waals surface area contributed by atoms with Gasteiger partial charge in [-0.3, -0.25) is 9.59 Å². The number of allylic oxidation sites excluding steroid dienone is 2. The lowest BCUT2D eigenvalue weighted by Gasteiger charge is -2.22. The SMILES string of the molecule is COC(=O)[C@@H](NC(=O)c1ccccc1)[C@H]1CC=C(C=O)C1. The summed E-state index contributed by atoms with van der Waals surface area (Å²) in [6.07, 6.45) is 3.62. The first kappa shape index (κ1) is 15.0. The van der Waals surface area contributed by atoms with E-state index in [2.05, 4.69) is 5.32 Å². The molecule has 21 heavy (non-hydrogen) atoms. The van der Waals surface area contributed by atoms with Gasteiger partial charge in [-0.1, -0.05) is 24.3 Å². The molecule has 0 aliphatic heterocycles. The van der Waals surface area contributed by atoms with Gasteiger partial charge in [-0.05, 0) is 36.5 Å². The molecule has 110 valence electrons. The van der Waals surface area contributed by atoms with Gasteiger partial charge in [-0.15, -0.1) is 0 Å². The quantitative estimate of drug-likeness (QED) is 0.658.